The maximum atomic E-state index is 11.8. The Morgan fingerprint density at radius 1 is 1.56 bits per heavy atom. The number of carbonyl (C=O) groups excluding carboxylic acids is 1. The van der Waals surface area contributed by atoms with Crippen molar-refractivity contribution < 1.29 is 4.79 Å². The SMILES string of the molecule is CCC1C(=O)NCCN1c1nc(Cl)nc(C)c1N. The van der Waals surface area contributed by atoms with Crippen molar-refractivity contribution in [1.29, 1.82) is 0 Å². The molecule has 1 saturated heterocycles. The molecule has 7 heteroatoms. The van der Waals surface area contributed by atoms with E-state index in [-0.39, 0.29) is 17.2 Å². The molecule has 1 aliphatic rings. The Bertz CT molecular complexity index is 479. The lowest BCUT2D eigenvalue weighted by atomic mass is 10.1. The van der Waals surface area contributed by atoms with E-state index in [9.17, 15) is 4.79 Å². The van der Waals surface area contributed by atoms with Crippen LogP contribution in [0, 0.1) is 6.92 Å². The van der Waals surface area contributed by atoms with Gasteiger partial charge in [-0.15, -0.1) is 0 Å². The third-order valence-electron chi connectivity index (χ3n) is 3.08. The van der Waals surface area contributed by atoms with Crippen molar-refractivity contribution in [2.24, 2.45) is 0 Å². The van der Waals surface area contributed by atoms with E-state index in [1.165, 1.54) is 0 Å². The maximum Gasteiger partial charge on any atom is 0.242 e. The number of anilines is 2. The van der Waals surface area contributed by atoms with Gasteiger partial charge >= 0.3 is 0 Å². The number of nitrogens with two attached hydrogens (primary N) is 1. The molecule has 0 spiro atoms. The third-order valence-corrected chi connectivity index (χ3v) is 3.25. The molecule has 0 saturated carbocycles. The zero-order valence-electron chi connectivity index (χ0n) is 10.4. The zero-order chi connectivity index (χ0) is 13.3. The summed E-state index contributed by atoms with van der Waals surface area (Å²) in [6.07, 6.45) is 0.686. The van der Waals surface area contributed by atoms with Crippen LogP contribution in [0.25, 0.3) is 0 Å². The van der Waals surface area contributed by atoms with E-state index in [4.69, 9.17) is 17.3 Å². The predicted octanol–water partition coefficient (Wildman–Crippen LogP) is 0.735. The molecule has 18 heavy (non-hydrogen) atoms. The van der Waals surface area contributed by atoms with Crippen LogP contribution in [0.3, 0.4) is 0 Å². The molecular weight excluding hydrogens is 254 g/mol. The molecule has 1 fully saturated rings. The number of hydrogen-bond donors (Lipinski definition) is 2. The van der Waals surface area contributed by atoms with Crippen LogP contribution in [0.5, 0.6) is 0 Å². The highest BCUT2D eigenvalue weighted by Crippen LogP contribution is 2.27. The van der Waals surface area contributed by atoms with Gasteiger partial charge in [0.1, 0.15) is 6.04 Å². The van der Waals surface area contributed by atoms with Crippen molar-refractivity contribution in [3.63, 3.8) is 0 Å². The molecule has 0 bridgehead atoms. The van der Waals surface area contributed by atoms with E-state index in [0.717, 1.165) is 0 Å². The minimum atomic E-state index is -0.258. The van der Waals surface area contributed by atoms with Gasteiger partial charge in [-0.2, -0.15) is 4.98 Å². The topological polar surface area (TPSA) is 84.1 Å². The smallest absolute Gasteiger partial charge is 0.242 e. The average molecular weight is 270 g/mol. The molecule has 1 aromatic rings. The lowest BCUT2D eigenvalue weighted by molar-refractivity contribution is -0.123. The van der Waals surface area contributed by atoms with Crippen LogP contribution in [-0.4, -0.2) is 35.0 Å². The minimum Gasteiger partial charge on any atom is -0.394 e. The fourth-order valence-electron chi connectivity index (χ4n) is 2.13. The molecule has 1 atom stereocenters. The summed E-state index contributed by atoms with van der Waals surface area (Å²) < 4.78 is 0. The Kier molecular flexibility index (Phi) is 3.56. The van der Waals surface area contributed by atoms with E-state index in [0.29, 0.717) is 36.7 Å². The molecule has 0 aromatic carbocycles. The lowest BCUT2D eigenvalue weighted by Gasteiger charge is -2.36. The van der Waals surface area contributed by atoms with Crippen LogP contribution in [0.2, 0.25) is 5.28 Å². The van der Waals surface area contributed by atoms with Crippen LogP contribution in [0.15, 0.2) is 0 Å². The lowest BCUT2D eigenvalue weighted by Crippen LogP contribution is -2.55. The molecule has 1 amide bonds. The van der Waals surface area contributed by atoms with E-state index in [1.807, 2.05) is 11.8 Å². The van der Waals surface area contributed by atoms with Crippen molar-refractivity contribution in [3.8, 4) is 0 Å². The highest BCUT2D eigenvalue weighted by Gasteiger charge is 2.30. The number of nitrogen functional groups attached to an aromatic ring is 1. The second kappa shape index (κ2) is 4.97. The molecule has 3 N–H and O–H groups in total. The largest absolute Gasteiger partial charge is 0.394 e. The van der Waals surface area contributed by atoms with Gasteiger partial charge in [0.15, 0.2) is 5.82 Å². The monoisotopic (exact) mass is 269 g/mol. The molecule has 2 heterocycles. The molecule has 0 aliphatic carbocycles. The van der Waals surface area contributed by atoms with Crippen LogP contribution in [0.1, 0.15) is 19.0 Å². The number of carbonyl (C=O) groups is 1. The standard InChI is InChI=1S/C11H16ClN5O/c1-3-7-10(18)14-4-5-17(7)9-8(13)6(2)15-11(12)16-9/h7H,3-5,13H2,1-2H3,(H,14,18). The van der Waals surface area contributed by atoms with Gasteiger partial charge < -0.3 is 16.0 Å². The van der Waals surface area contributed by atoms with Crippen LogP contribution < -0.4 is 16.0 Å². The van der Waals surface area contributed by atoms with Gasteiger partial charge in [0.25, 0.3) is 0 Å². The molecule has 1 aliphatic heterocycles. The highest BCUT2D eigenvalue weighted by molar-refractivity contribution is 6.28. The average Bonchev–Trinajstić information content (AvgIpc) is 2.33. The summed E-state index contributed by atoms with van der Waals surface area (Å²) in [4.78, 5) is 21.9. The van der Waals surface area contributed by atoms with Gasteiger partial charge in [-0.1, -0.05) is 6.92 Å². The Hall–Kier alpha value is -1.56. The van der Waals surface area contributed by atoms with Gasteiger partial charge in [0.05, 0.1) is 11.4 Å². The van der Waals surface area contributed by atoms with Gasteiger partial charge in [0.2, 0.25) is 11.2 Å². The van der Waals surface area contributed by atoms with Crippen molar-refractivity contribution in [1.82, 2.24) is 15.3 Å². The summed E-state index contributed by atoms with van der Waals surface area (Å²) in [5.74, 6) is 0.546. The van der Waals surface area contributed by atoms with Gasteiger partial charge in [-0.3, -0.25) is 4.79 Å². The Balaban J connectivity index is 2.43. The summed E-state index contributed by atoms with van der Waals surface area (Å²) in [7, 11) is 0. The van der Waals surface area contributed by atoms with Crippen LogP contribution in [-0.2, 0) is 4.79 Å². The number of halogens is 1. The van der Waals surface area contributed by atoms with Crippen LogP contribution in [0.4, 0.5) is 11.5 Å². The summed E-state index contributed by atoms with van der Waals surface area (Å²) in [6, 6.07) is -0.258. The molecule has 98 valence electrons. The fourth-order valence-corrected chi connectivity index (χ4v) is 2.33. The minimum absolute atomic E-state index is 0.00413. The third kappa shape index (κ3) is 2.20. The number of aryl methyl sites for hydroxylation is 1. The second-order valence-electron chi connectivity index (χ2n) is 4.22. The molecule has 1 unspecified atom stereocenters. The zero-order valence-corrected chi connectivity index (χ0v) is 11.2. The number of piperazine rings is 1. The second-order valence-corrected chi connectivity index (χ2v) is 4.56. The van der Waals surface area contributed by atoms with Gasteiger partial charge in [-0.05, 0) is 24.9 Å². The maximum absolute atomic E-state index is 11.8. The Morgan fingerprint density at radius 2 is 2.28 bits per heavy atom. The number of nitrogens with one attached hydrogen (secondary N) is 1. The summed E-state index contributed by atoms with van der Waals surface area (Å²) in [5, 5.41) is 2.98. The molecule has 1 aromatic heterocycles. The molecule has 0 radical (unpaired) electrons. The first-order valence-electron chi connectivity index (χ1n) is 5.88. The van der Waals surface area contributed by atoms with E-state index in [2.05, 4.69) is 15.3 Å². The first kappa shape index (κ1) is 12.9. The summed E-state index contributed by atoms with van der Waals surface area (Å²) >= 11 is 5.86. The van der Waals surface area contributed by atoms with E-state index in [1.54, 1.807) is 6.92 Å². The van der Waals surface area contributed by atoms with Gasteiger partial charge in [-0.25, -0.2) is 4.98 Å². The first-order valence-corrected chi connectivity index (χ1v) is 6.26. The number of rotatable bonds is 2. The van der Waals surface area contributed by atoms with Crippen molar-refractivity contribution in [2.75, 3.05) is 23.7 Å². The van der Waals surface area contributed by atoms with E-state index >= 15 is 0 Å². The molecular formula is C11H16ClN5O. The number of nitrogens with zero attached hydrogens (tertiary/aromatic N) is 3. The number of hydrogen-bond acceptors (Lipinski definition) is 5. The van der Waals surface area contributed by atoms with Crippen molar-refractivity contribution in [3.05, 3.63) is 11.0 Å². The van der Waals surface area contributed by atoms with Crippen molar-refractivity contribution >= 4 is 29.0 Å². The molecule has 2 rings (SSSR count). The highest BCUT2D eigenvalue weighted by atomic mass is 35.5. The van der Waals surface area contributed by atoms with Crippen molar-refractivity contribution in [2.45, 2.75) is 26.3 Å². The first-order chi connectivity index (χ1) is 8.54. The quantitative estimate of drug-likeness (QED) is 0.774. The fraction of sp³-hybridized carbons (Fsp3) is 0.545. The molecule has 6 nitrogen and oxygen atoms in total. The predicted molar refractivity (Wildman–Crippen MR) is 70.6 cm³/mol. The van der Waals surface area contributed by atoms with Crippen LogP contribution >= 0.6 is 11.6 Å². The summed E-state index contributed by atoms with van der Waals surface area (Å²) in [6.45, 7) is 4.97. The number of aromatic nitrogens is 2. The normalized spacial score (nSPS) is 19.8. The van der Waals surface area contributed by atoms with E-state index < -0.39 is 0 Å². The number of amides is 1. The Morgan fingerprint density at radius 3 is 2.94 bits per heavy atom. The Labute approximate surface area is 111 Å². The summed E-state index contributed by atoms with van der Waals surface area (Å²) in [5.41, 5.74) is 7.10. The van der Waals surface area contributed by atoms with Gasteiger partial charge in [0, 0.05) is 13.1 Å².